The summed E-state index contributed by atoms with van der Waals surface area (Å²) in [5.74, 6) is -0.127. The van der Waals surface area contributed by atoms with E-state index in [4.69, 9.17) is 11.6 Å². The normalized spacial score (nSPS) is 18.6. The molecular weight excluding hydrogens is 420 g/mol. The van der Waals surface area contributed by atoms with E-state index in [1.54, 1.807) is 29.8 Å². The van der Waals surface area contributed by atoms with Gasteiger partial charge in [-0.1, -0.05) is 35.1 Å². The van der Waals surface area contributed by atoms with E-state index in [2.05, 4.69) is 25.8 Å². The number of benzene rings is 2. The molecule has 2 heterocycles. The summed E-state index contributed by atoms with van der Waals surface area (Å²) >= 11 is 7.67. The van der Waals surface area contributed by atoms with Crippen LogP contribution >= 0.6 is 22.9 Å². The van der Waals surface area contributed by atoms with Crippen LogP contribution in [0.2, 0.25) is 5.02 Å². The van der Waals surface area contributed by atoms with E-state index in [0.29, 0.717) is 16.3 Å². The second kappa shape index (κ2) is 8.04. The lowest BCUT2D eigenvalue weighted by atomic mass is 10.1. The molecule has 1 amide bonds. The van der Waals surface area contributed by atoms with Crippen molar-refractivity contribution in [1.82, 2.24) is 25.3 Å². The number of hydrogen-bond donors (Lipinski definition) is 2. The molecule has 0 spiro atoms. The molecule has 2 atom stereocenters. The molecule has 30 heavy (non-hydrogen) atoms. The van der Waals surface area contributed by atoms with Gasteiger partial charge in [0.05, 0.1) is 33.9 Å². The highest BCUT2D eigenvalue weighted by Crippen LogP contribution is 2.31. The topological polar surface area (TPSA) is 84.7 Å². The molecule has 2 aromatic carbocycles. The summed E-state index contributed by atoms with van der Waals surface area (Å²) in [7, 11) is 0. The molecule has 1 saturated carbocycles. The third-order valence-corrected chi connectivity index (χ3v) is 6.48. The number of hydrogen-bond acceptors (Lipinski definition) is 6. The average Bonchev–Trinajstić information content (AvgIpc) is 3.49. The van der Waals surface area contributed by atoms with Crippen LogP contribution in [-0.4, -0.2) is 38.0 Å². The number of nitrogens with zero attached hydrogens (tertiary/aromatic N) is 4. The molecule has 0 radical (unpaired) electrons. The summed E-state index contributed by atoms with van der Waals surface area (Å²) in [5, 5.41) is 16.6. The molecular formula is C21H19ClN6OS. The molecule has 0 aliphatic heterocycles. The SMILES string of the molecule is O=C(N[C@H]1CCC[C@@H]1Nc1nc2cc(Cl)ccc2s1)c1ccccc1-n1nccn1. The number of nitrogens with one attached hydrogen (secondary N) is 2. The second-order valence-corrected chi connectivity index (χ2v) is 8.70. The summed E-state index contributed by atoms with van der Waals surface area (Å²) in [6, 6.07) is 13.2. The van der Waals surface area contributed by atoms with E-state index in [0.717, 1.165) is 34.6 Å². The Hall–Kier alpha value is -2.97. The molecule has 0 unspecified atom stereocenters. The maximum absolute atomic E-state index is 13.1. The van der Waals surface area contributed by atoms with Gasteiger partial charge in [0.1, 0.15) is 0 Å². The molecule has 0 saturated heterocycles. The molecule has 0 bridgehead atoms. The number of halogens is 1. The first kappa shape index (κ1) is 19.0. The number of amides is 1. The lowest BCUT2D eigenvalue weighted by molar-refractivity contribution is 0.0935. The van der Waals surface area contributed by atoms with Crippen molar-refractivity contribution in [2.24, 2.45) is 0 Å². The van der Waals surface area contributed by atoms with Crippen LogP contribution in [-0.2, 0) is 0 Å². The Balaban J connectivity index is 1.33. The Labute approximate surface area is 182 Å². The highest BCUT2D eigenvalue weighted by atomic mass is 35.5. The molecule has 2 aromatic heterocycles. The maximum Gasteiger partial charge on any atom is 0.253 e. The maximum atomic E-state index is 13.1. The molecule has 152 valence electrons. The summed E-state index contributed by atoms with van der Waals surface area (Å²) in [5.41, 5.74) is 2.09. The minimum atomic E-state index is -0.127. The van der Waals surface area contributed by atoms with Gasteiger partial charge in [-0.05, 0) is 49.6 Å². The van der Waals surface area contributed by atoms with Gasteiger partial charge in [-0.3, -0.25) is 4.79 Å². The molecule has 5 rings (SSSR count). The first-order valence-electron chi connectivity index (χ1n) is 9.76. The fourth-order valence-corrected chi connectivity index (χ4v) is 4.93. The smallest absolute Gasteiger partial charge is 0.253 e. The first-order valence-corrected chi connectivity index (χ1v) is 11.0. The van der Waals surface area contributed by atoms with Crippen LogP contribution in [0.1, 0.15) is 29.6 Å². The fraction of sp³-hybridized carbons (Fsp3) is 0.238. The standard InChI is InChI=1S/C21H19ClN6OS/c22-13-8-9-19-17(12-13)27-21(30-19)26-16-6-3-5-15(16)25-20(29)14-4-1-2-7-18(14)28-23-10-11-24-28/h1-2,4,7-12,15-16H,3,5-6H2,(H,25,29)(H,26,27)/t15-,16-/m0/s1. The van der Waals surface area contributed by atoms with Crippen molar-refractivity contribution < 1.29 is 4.79 Å². The second-order valence-electron chi connectivity index (χ2n) is 7.23. The predicted molar refractivity (Wildman–Crippen MR) is 119 cm³/mol. The lowest BCUT2D eigenvalue weighted by Gasteiger charge is -2.22. The van der Waals surface area contributed by atoms with E-state index in [1.165, 1.54) is 4.80 Å². The fourth-order valence-electron chi connectivity index (χ4n) is 3.85. The van der Waals surface area contributed by atoms with Crippen molar-refractivity contribution in [1.29, 1.82) is 0 Å². The van der Waals surface area contributed by atoms with E-state index in [1.807, 2.05) is 36.4 Å². The first-order chi connectivity index (χ1) is 14.7. The van der Waals surface area contributed by atoms with E-state index in [9.17, 15) is 4.79 Å². The highest BCUT2D eigenvalue weighted by Gasteiger charge is 2.30. The Bertz CT molecular complexity index is 1190. The Kier molecular flexibility index (Phi) is 5.10. The van der Waals surface area contributed by atoms with Crippen LogP contribution in [0.3, 0.4) is 0 Å². The molecule has 1 aliphatic carbocycles. The van der Waals surface area contributed by atoms with Gasteiger partial charge in [-0.25, -0.2) is 4.98 Å². The van der Waals surface area contributed by atoms with Crippen molar-refractivity contribution in [3.8, 4) is 5.69 Å². The van der Waals surface area contributed by atoms with Crippen LogP contribution in [0.4, 0.5) is 5.13 Å². The number of fused-ring (bicyclic) bond motifs is 1. The third kappa shape index (κ3) is 3.76. The van der Waals surface area contributed by atoms with Crippen molar-refractivity contribution in [2.75, 3.05) is 5.32 Å². The minimum Gasteiger partial charge on any atom is -0.357 e. The monoisotopic (exact) mass is 438 g/mol. The van der Waals surface area contributed by atoms with Crippen LogP contribution in [0, 0.1) is 0 Å². The van der Waals surface area contributed by atoms with E-state index in [-0.39, 0.29) is 18.0 Å². The molecule has 1 aliphatic rings. The Morgan fingerprint density at radius 1 is 1.10 bits per heavy atom. The van der Waals surface area contributed by atoms with Crippen molar-refractivity contribution in [3.63, 3.8) is 0 Å². The average molecular weight is 439 g/mol. The van der Waals surface area contributed by atoms with E-state index >= 15 is 0 Å². The number of rotatable bonds is 5. The van der Waals surface area contributed by atoms with Gasteiger partial charge in [-0.2, -0.15) is 15.0 Å². The summed E-state index contributed by atoms with van der Waals surface area (Å²) in [6.45, 7) is 0. The number of carbonyl (C=O) groups excluding carboxylic acids is 1. The van der Waals surface area contributed by atoms with Gasteiger partial charge in [0.25, 0.3) is 5.91 Å². The number of para-hydroxylation sites is 1. The van der Waals surface area contributed by atoms with E-state index < -0.39 is 0 Å². The molecule has 7 nitrogen and oxygen atoms in total. The predicted octanol–water partition coefficient (Wildman–Crippen LogP) is 4.29. The van der Waals surface area contributed by atoms with Crippen molar-refractivity contribution in [2.45, 2.75) is 31.3 Å². The minimum absolute atomic E-state index is 0.0201. The van der Waals surface area contributed by atoms with Crippen LogP contribution in [0.15, 0.2) is 54.9 Å². The lowest BCUT2D eigenvalue weighted by Crippen LogP contribution is -2.43. The number of carbonyl (C=O) groups is 1. The largest absolute Gasteiger partial charge is 0.357 e. The zero-order chi connectivity index (χ0) is 20.5. The highest BCUT2D eigenvalue weighted by molar-refractivity contribution is 7.22. The molecule has 2 N–H and O–H groups in total. The molecule has 4 aromatic rings. The quantitative estimate of drug-likeness (QED) is 0.485. The van der Waals surface area contributed by atoms with Crippen LogP contribution in [0.25, 0.3) is 15.9 Å². The van der Waals surface area contributed by atoms with Crippen molar-refractivity contribution >= 4 is 44.2 Å². The Morgan fingerprint density at radius 3 is 2.77 bits per heavy atom. The van der Waals surface area contributed by atoms with Gasteiger partial charge in [0.2, 0.25) is 0 Å². The third-order valence-electron chi connectivity index (χ3n) is 5.27. The van der Waals surface area contributed by atoms with Gasteiger partial charge in [-0.15, -0.1) is 0 Å². The number of aromatic nitrogens is 4. The van der Waals surface area contributed by atoms with Gasteiger partial charge in [0.15, 0.2) is 5.13 Å². The number of anilines is 1. The van der Waals surface area contributed by atoms with Crippen LogP contribution < -0.4 is 10.6 Å². The van der Waals surface area contributed by atoms with Crippen LogP contribution in [0.5, 0.6) is 0 Å². The molecule has 1 fully saturated rings. The van der Waals surface area contributed by atoms with Crippen molar-refractivity contribution in [3.05, 3.63) is 65.4 Å². The summed E-state index contributed by atoms with van der Waals surface area (Å²) in [6.07, 6.45) is 6.13. The van der Waals surface area contributed by atoms with Gasteiger partial charge >= 0.3 is 0 Å². The van der Waals surface area contributed by atoms with Gasteiger partial charge < -0.3 is 10.6 Å². The number of thiazole rings is 1. The summed E-state index contributed by atoms with van der Waals surface area (Å²) in [4.78, 5) is 19.2. The Morgan fingerprint density at radius 2 is 1.90 bits per heavy atom. The van der Waals surface area contributed by atoms with Gasteiger partial charge in [0, 0.05) is 17.1 Å². The zero-order valence-electron chi connectivity index (χ0n) is 16.0. The summed E-state index contributed by atoms with van der Waals surface area (Å²) < 4.78 is 1.08. The molecule has 9 heteroatoms. The zero-order valence-corrected chi connectivity index (χ0v) is 17.5.